The zero-order valence-corrected chi connectivity index (χ0v) is 16.0. The van der Waals surface area contributed by atoms with Crippen molar-refractivity contribution in [2.45, 2.75) is 13.8 Å². The van der Waals surface area contributed by atoms with Crippen molar-refractivity contribution in [1.82, 2.24) is 14.7 Å². The molecule has 0 aliphatic carbocycles. The molecule has 1 aliphatic rings. The SMILES string of the molecule is CCN(CC)C(=O)N1CCN(C(=O)c2ccc(OC)c(Br)c2)CC1. The van der Waals surface area contributed by atoms with E-state index in [-0.39, 0.29) is 11.9 Å². The Labute approximate surface area is 151 Å². The van der Waals surface area contributed by atoms with Crippen molar-refractivity contribution in [3.63, 3.8) is 0 Å². The first-order valence-electron chi connectivity index (χ1n) is 8.18. The number of methoxy groups -OCH3 is 1. The normalized spacial score (nSPS) is 14.5. The minimum Gasteiger partial charge on any atom is -0.496 e. The Morgan fingerprint density at radius 3 is 2.21 bits per heavy atom. The molecule has 3 amide bonds. The van der Waals surface area contributed by atoms with Crippen molar-refractivity contribution in [3.8, 4) is 5.75 Å². The van der Waals surface area contributed by atoms with Crippen LogP contribution in [0.2, 0.25) is 0 Å². The Morgan fingerprint density at radius 2 is 1.71 bits per heavy atom. The number of nitrogens with zero attached hydrogens (tertiary/aromatic N) is 3. The molecular formula is C17H24BrN3O3. The summed E-state index contributed by atoms with van der Waals surface area (Å²) in [6, 6.07) is 5.37. The Morgan fingerprint density at radius 1 is 1.12 bits per heavy atom. The van der Waals surface area contributed by atoms with Gasteiger partial charge in [-0.1, -0.05) is 0 Å². The van der Waals surface area contributed by atoms with Crippen LogP contribution >= 0.6 is 15.9 Å². The molecule has 132 valence electrons. The molecule has 0 bridgehead atoms. The van der Waals surface area contributed by atoms with Crippen LogP contribution in [-0.2, 0) is 0 Å². The molecule has 1 aliphatic heterocycles. The van der Waals surface area contributed by atoms with E-state index in [1.165, 1.54) is 0 Å². The average Bonchev–Trinajstić information content (AvgIpc) is 2.62. The van der Waals surface area contributed by atoms with Gasteiger partial charge in [-0.05, 0) is 48.0 Å². The van der Waals surface area contributed by atoms with Crippen molar-refractivity contribution in [1.29, 1.82) is 0 Å². The first-order valence-corrected chi connectivity index (χ1v) is 8.97. The molecule has 1 aromatic rings. The van der Waals surface area contributed by atoms with Gasteiger partial charge in [0.05, 0.1) is 11.6 Å². The Balaban J connectivity index is 1.98. The summed E-state index contributed by atoms with van der Waals surface area (Å²) in [5, 5.41) is 0. The lowest BCUT2D eigenvalue weighted by Gasteiger charge is -2.37. The summed E-state index contributed by atoms with van der Waals surface area (Å²) in [5.41, 5.74) is 0.617. The monoisotopic (exact) mass is 397 g/mol. The highest BCUT2D eigenvalue weighted by Gasteiger charge is 2.26. The molecule has 1 aromatic carbocycles. The average molecular weight is 398 g/mol. The standard InChI is InChI=1S/C17H24BrN3O3/c1-4-19(5-2)17(23)21-10-8-20(9-11-21)16(22)13-6-7-15(24-3)14(18)12-13/h6-7,12H,4-5,8-11H2,1-3H3. The molecule has 0 spiro atoms. The van der Waals surface area contributed by atoms with Crippen LogP contribution in [-0.4, -0.2) is 73.0 Å². The van der Waals surface area contributed by atoms with Crippen molar-refractivity contribution in [3.05, 3.63) is 28.2 Å². The van der Waals surface area contributed by atoms with E-state index < -0.39 is 0 Å². The van der Waals surface area contributed by atoms with Crippen LogP contribution in [0.3, 0.4) is 0 Å². The number of carbonyl (C=O) groups is 2. The first kappa shape index (κ1) is 18.6. The van der Waals surface area contributed by atoms with Gasteiger partial charge in [-0.3, -0.25) is 4.79 Å². The van der Waals surface area contributed by atoms with Gasteiger partial charge in [0.15, 0.2) is 0 Å². The molecule has 24 heavy (non-hydrogen) atoms. The van der Waals surface area contributed by atoms with Crippen molar-refractivity contribution >= 4 is 27.9 Å². The van der Waals surface area contributed by atoms with Crippen LogP contribution in [0.4, 0.5) is 4.79 Å². The lowest BCUT2D eigenvalue weighted by Crippen LogP contribution is -2.54. The van der Waals surface area contributed by atoms with Crippen molar-refractivity contribution in [2.24, 2.45) is 0 Å². The maximum atomic E-state index is 12.6. The number of carbonyl (C=O) groups excluding carboxylic acids is 2. The van der Waals surface area contributed by atoms with Crippen LogP contribution in [0.25, 0.3) is 0 Å². The van der Waals surface area contributed by atoms with Gasteiger partial charge in [0.2, 0.25) is 0 Å². The molecule has 0 saturated carbocycles. The van der Waals surface area contributed by atoms with E-state index >= 15 is 0 Å². The molecule has 0 atom stereocenters. The molecule has 1 fully saturated rings. The first-order chi connectivity index (χ1) is 11.5. The van der Waals surface area contributed by atoms with E-state index in [0.29, 0.717) is 50.6 Å². The third-order valence-corrected chi connectivity index (χ3v) is 4.89. The molecule has 0 radical (unpaired) electrons. The number of amides is 3. The van der Waals surface area contributed by atoms with Gasteiger partial charge in [-0.2, -0.15) is 0 Å². The topological polar surface area (TPSA) is 53.1 Å². The fourth-order valence-electron chi connectivity index (χ4n) is 2.78. The Kier molecular flexibility index (Phi) is 6.48. The molecule has 6 nitrogen and oxygen atoms in total. The zero-order chi connectivity index (χ0) is 17.7. The number of rotatable bonds is 4. The second-order valence-corrected chi connectivity index (χ2v) is 6.44. The van der Waals surface area contributed by atoms with Crippen LogP contribution in [0.1, 0.15) is 24.2 Å². The highest BCUT2D eigenvalue weighted by molar-refractivity contribution is 9.10. The summed E-state index contributed by atoms with van der Waals surface area (Å²) in [4.78, 5) is 30.4. The zero-order valence-electron chi connectivity index (χ0n) is 14.4. The highest BCUT2D eigenvalue weighted by Crippen LogP contribution is 2.26. The molecule has 7 heteroatoms. The Hall–Kier alpha value is -1.76. The second-order valence-electron chi connectivity index (χ2n) is 5.58. The van der Waals surface area contributed by atoms with Gasteiger partial charge in [-0.15, -0.1) is 0 Å². The van der Waals surface area contributed by atoms with Gasteiger partial charge in [0, 0.05) is 44.8 Å². The van der Waals surface area contributed by atoms with Crippen molar-refractivity contribution in [2.75, 3.05) is 46.4 Å². The maximum absolute atomic E-state index is 12.6. The summed E-state index contributed by atoms with van der Waals surface area (Å²) in [5.74, 6) is 0.675. The highest BCUT2D eigenvalue weighted by atomic mass is 79.9. The molecule has 0 aromatic heterocycles. The molecule has 1 heterocycles. The minimum atomic E-state index is -0.0201. The van der Waals surface area contributed by atoms with Crippen LogP contribution < -0.4 is 4.74 Å². The number of halogens is 1. The number of hydrogen-bond acceptors (Lipinski definition) is 3. The van der Waals surface area contributed by atoms with Gasteiger partial charge in [0.1, 0.15) is 5.75 Å². The summed E-state index contributed by atoms with van der Waals surface area (Å²) in [6.07, 6.45) is 0. The van der Waals surface area contributed by atoms with Crippen LogP contribution in [0.15, 0.2) is 22.7 Å². The molecule has 0 unspecified atom stereocenters. The van der Waals surface area contributed by atoms with Crippen LogP contribution in [0, 0.1) is 0 Å². The smallest absolute Gasteiger partial charge is 0.320 e. The van der Waals surface area contributed by atoms with Crippen LogP contribution in [0.5, 0.6) is 5.75 Å². The quantitative estimate of drug-likeness (QED) is 0.784. The largest absolute Gasteiger partial charge is 0.496 e. The lowest BCUT2D eigenvalue weighted by molar-refractivity contribution is 0.0641. The number of urea groups is 1. The molecule has 0 N–H and O–H groups in total. The summed E-state index contributed by atoms with van der Waals surface area (Å²) < 4.78 is 5.94. The predicted octanol–water partition coefficient (Wildman–Crippen LogP) is 2.68. The Bertz CT molecular complexity index is 597. The van der Waals surface area contributed by atoms with E-state index in [4.69, 9.17) is 4.74 Å². The number of benzene rings is 1. The molecule has 1 saturated heterocycles. The number of piperazine rings is 1. The number of hydrogen-bond donors (Lipinski definition) is 0. The van der Waals surface area contributed by atoms with E-state index in [9.17, 15) is 9.59 Å². The maximum Gasteiger partial charge on any atom is 0.320 e. The van der Waals surface area contributed by atoms with E-state index in [2.05, 4.69) is 15.9 Å². The van der Waals surface area contributed by atoms with E-state index in [0.717, 1.165) is 4.47 Å². The third kappa shape index (κ3) is 4.01. The fourth-order valence-corrected chi connectivity index (χ4v) is 3.32. The summed E-state index contributed by atoms with van der Waals surface area (Å²) >= 11 is 3.41. The predicted molar refractivity (Wildman–Crippen MR) is 96.5 cm³/mol. The lowest BCUT2D eigenvalue weighted by atomic mass is 10.1. The minimum absolute atomic E-state index is 0.0201. The van der Waals surface area contributed by atoms with Gasteiger partial charge in [0.25, 0.3) is 5.91 Å². The third-order valence-electron chi connectivity index (χ3n) is 4.27. The van der Waals surface area contributed by atoms with Crippen molar-refractivity contribution < 1.29 is 14.3 Å². The van der Waals surface area contributed by atoms with Gasteiger partial charge in [-0.25, -0.2) is 4.79 Å². The molecule has 2 rings (SSSR count). The number of ether oxygens (including phenoxy) is 1. The van der Waals surface area contributed by atoms with E-state index in [1.54, 1.807) is 35.1 Å². The van der Waals surface area contributed by atoms with Gasteiger partial charge >= 0.3 is 6.03 Å². The molecular weight excluding hydrogens is 374 g/mol. The summed E-state index contributed by atoms with van der Waals surface area (Å²) in [7, 11) is 1.59. The van der Waals surface area contributed by atoms with Gasteiger partial charge < -0.3 is 19.4 Å². The fraction of sp³-hybridized carbons (Fsp3) is 0.529. The second kappa shape index (κ2) is 8.37. The summed E-state index contributed by atoms with van der Waals surface area (Å²) in [6.45, 7) is 7.59. The van der Waals surface area contributed by atoms with E-state index in [1.807, 2.05) is 18.7 Å².